The maximum Gasteiger partial charge on any atom is 0.416 e. The lowest BCUT2D eigenvalue weighted by Crippen LogP contribution is -2.51. The topological polar surface area (TPSA) is 116 Å². The van der Waals surface area contributed by atoms with Crippen molar-refractivity contribution >= 4 is 16.1 Å². The van der Waals surface area contributed by atoms with Gasteiger partial charge in [-0.05, 0) is 38.2 Å². The third kappa shape index (κ3) is 7.03. The number of pyridine rings is 1. The molecule has 4 heterocycles. The number of hydrogen-bond acceptors (Lipinski definition) is 8. The van der Waals surface area contributed by atoms with Crippen LogP contribution in [0.25, 0.3) is 0 Å². The molecule has 1 amide bonds. The molecule has 1 saturated heterocycles. The summed E-state index contributed by atoms with van der Waals surface area (Å²) in [6, 6.07) is 0.219. The maximum absolute atomic E-state index is 13.5. The summed E-state index contributed by atoms with van der Waals surface area (Å²) in [6.45, 7) is -0.223. The van der Waals surface area contributed by atoms with Gasteiger partial charge in [0.1, 0.15) is 13.2 Å². The number of aromatic nitrogens is 1. The van der Waals surface area contributed by atoms with Crippen molar-refractivity contribution in [2.24, 2.45) is 0 Å². The van der Waals surface area contributed by atoms with E-state index in [1.165, 1.54) is 12.0 Å². The zero-order valence-corrected chi connectivity index (χ0v) is 21.5. The molecule has 208 valence electrons. The van der Waals surface area contributed by atoms with Crippen LogP contribution in [0.15, 0.2) is 12.1 Å². The summed E-state index contributed by atoms with van der Waals surface area (Å²) < 4.78 is 89.4. The van der Waals surface area contributed by atoms with Crippen molar-refractivity contribution < 1.29 is 45.3 Å². The number of carbonyl (C=O) groups excluding carboxylic acids is 1. The number of sulfonamides is 1. The minimum Gasteiger partial charge on any atom is -0.474 e. The van der Waals surface area contributed by atoms with E-state index < -0.39 is 46.0 Å². The highest BCUT2D eigenvalue weighted by molar-refractivity contribution is 7.88. The van der Waals surface area contributed by atoms with E-state index in [9.17, 15) is 26.4 Å². The highest BCUT2D eigenvalue weighted by atomic mass is 32.2. The molecular formula is C23H32F3N3O7S. The molecule has 1 aliphatic carbocycles. The molecule has 4 bridgehead atoms. The molecule has 5 rings (SSSR count). The number of halogens is 3. The molecule has 1 aromatic heterocycles. The quantitative estimate of drug-likeness (QED) is 0.607. The molecule has 2 fully saturated rings. The molecule has 37 heavy (non-hydrogen) atoms. The second kappa shape index (κ2) is 11.3. The van der Waals surface area contributed by atoms with Gasteiger partial charge in [-0.3, -0.25) is 4.90 Å². The van der Waals surface area contributed by atoms with Gasteiger partial charge in [0.05, 0.1) is 43.2 Å². The van der Waals surface area contributed by atoms with Gasteiger partial charge >= 0.3 is 12.3 Å². The van der Waals surface area contributed by atoms with Crippen molar-refractivity contribution in [1.29, 1.82) is 0 Å². The Bertz CT molecular complexity index is 1060. The van der Waals surface area contributed by atoms with Crippen LogP contribution >= 0.6 is 0 Å². The van der Waals surface area contributed by atoms with Crippen LogP contribution in [0.4, 0.5) is 18.0 Å². The van der Waals surface area contributed by atoms with E-state index in [0.29, 0.717) is 37.8 Å². The summed E-state index contributed by atoms with van der Waals surface area (Å²) in [4.78, 5) is 18.8. The maximum atomic E-state index is 13.5. The summed E-state index contributed by atoms with van der Waals surface area (Å²) in [5.41, 5.74) is -0.523. The highest BCUT2D eigenvalue weighted by Gasteiger charge is 2.46. The Morgan fingerprint density at radius 3 is 2.51 bits per heavy atom. The number of methoxy groups -OCH3 is 1. The van der Waals surface area contributed by atoms with Crippen molar-refractivity contribution in [3.05, 3.63) is 23.4 Å². The van der Waals surface area contributed by atoms with Gasteiger partial charge in [0.15, 0.2) is 0 Å². The Balaban J connectivity index is 1.60. The molecule has 0 radical (unpaired) electrons. The number of amides is 1. The Labute approximate surface area is 213 Å². The van der Waals surface area contributed by atoms with Crippen LogP contribution in [-0.4, -0.2) is 88.4 Å². The number of ether oxygens (including phenoxy) is 4. The lowest BCUT2D eigenvalue weighted by molar-refractivity contribution is -0.137. The molecule has 1 aromatic rings. The van der Waals surface area contributed by atoms with Gasteiger partial charge < -0.3 is 18.9 Å². The fourth-order valence-electron chi connectivity index (χ4n) is 5.33. The van der Waals surface area contributed by atoms with Crippen molar-refractivity contribution in [3.63, 3.8) is 0 Å². The average Bonchev–Trinajstić information content (AvgIpc) is 3.14. The second-order valence-corrected chi connectivity index (χ2v) is 11.5. The Morgan fingerprint density at radius 1 is 1.16 bits per heavy atom. The summed E-state index contributed by atoms with van der Waals surface area (Å²) in [5.74, 6) is -0.357. The fourth-order valence-corrected chi connectivity index (χ4v) is 6.14. The normalized spacial score (nSPS) is 29.5. The molecule has 1 unspecified atom stereocenters. The number of rotatable bonds is 4. The average molecular weight is 552 g/mol. The van der Waals surface area contributed by atoms with Gasteiger partial charge in [0.2, 0.25) is 15.9 Å². The van der Waals surface area contributed by atoms with E-state index in [4.69, 9.17) is 18.9 Å². The number of nitrogens with zero attached hydrogens (tertiary/aromatic N) is 2. The minimum absolute atomic E-state index is 0.0697. The number of nitrogens with one attached hydrogen (secondary N) is 1. The largest absolute Gasteiger partial charge is 0.474 e. The van der Waals surface area contributed by atoms with E-state index in [-0.39, 0.29) is 44.3 Å². The van der Waals surface area contributed by atoms with Gasteiger partial charge in [-0.15, -0.1) is 0 Å². The van der Waals surface area contributed by atoms with Crippen LogP contribution in [0.3, 0.4) is 0 Å². The molecule has 14 heteroatoms. The summed E-state index contributed by atoms with van der Waals surface area (Å²) >= 11 is 0. The molecule has 3 atom stereocenters. The molecule has 4 aliphatic rings. The van der Waals surface area contributed by atoms with Gasteiger partial charge in [-0.25, -0.2) is 22.9 Å². The predicted molar refractivity (Wildman–Crippen MR) is 125 cm³/mol. The van der Waals surface area contributed by atoms with Crippen LogP contribution < -0.4 is 9.46 Å². The third-order valence-electron chi connectivity index (χ3n) is 6.98. The Hall–Kier alpha value is -2.16. The number of hydrogen-bond donors (Lipinski definition) is 1. The first-order valence-corrected chi connectivity index (χ1v) is 14.1. The van der Waals surface area contributed by atoms with Gasteiger partial charge in [-0.1, -0.05) is 0 Å². The zero-order chi connectivity index (χ0) is 26.8. The van der Waals surface area contributed by atoms with E-state index in [2.05, 4.69) is 9.71 Å². The highest BCUT2D eigenvalue weighted by Crippen LogP contribution is 2.38. The third-order valence-corrected chi connectivity index (χ3v) is 7.71. The molecule has 0 aromatic carbocycles. The molecular weight excluding hydrogens is 519 g/mol. The first-order chi connectivity index (χ1) is 17.4. The summed E-state index contributed by atoms with van der Waals surface area (Å²) in [7, 11) is -2.09. The molecule has 10 nitrogen and oxygen atoms in total. The monoisotopic (exact) mass is 551 g/mol. The Morgan fingerprint density at radius 2 is 1.86 bits per heavy atom. The van der Waals surface area contributed by atoms with Crippen LogP contribution in [0.5, 0.6) is 5.88 Å². The van der Waals surface area contributed by atoms with Crippen molar-refractivity contribution in [3.8, 4) is 5.88 Å². The number of carbonyl (C=O) groups is 1. The van der Waals surface area contributed by atoms with Gasteiger partial charge in [-0.2, -0.15) is 13.2 Å². The van der Waals surface area contributed by atoms with Crippen molar-refractivity contribution in [1.82, 2.24) is 14.6 Å². The molecule has 1 saturated carbocycles. The van der Waals surface area contributed by atoms with E-state index >= 15 is 0 Å². The first kappa shape index (κ1) is 27.9. The van der Waals surface area contributed by atoms with E-state index in [1.54, 1.807) is 0 Å². The van der Waals surface area contributed by atoms with E-state index in [1.807, 2.05) is 0 Å². The fraction of sp³-hybridized carbons (Fsp3) is 0.739. The van der Waals surface area contributed by atoms with Crippen molar-refractivity contribution in [2.75, 3.05) is 39.8 Å². The zero-order valence-electron chi connectivity index (χ0n) is 20.7. The van der Waals surface area contributed by atoms with Crippen molar-refractivity contribution in [2.45, 2.75) is 68.4 Å². The van der Waals surface area contributed by atoms with Crippen LogP contribution in [0.1, 0.15) is 49.3 Å². The summed E-state index contributed by atoms with van der Waals surface area (Å²) in [5, 5.41) is 0. The standard InChI is InChI=1S/C23H32F3N3O7S/c1-33-12-16-11-19(28-37(2,31)32)20-13-36-17-5-3-14(4-6-17)18-9-15(23(24,25)26)10-21(27-18)34-7-8-35-22(30)29(16)20/h9-10,14,16-17,19-20,28H,3-8,11-13H2,1-2H3/t14?,16-,17?,19-,20?/m0/s1. The first-order valence-electron chi connectivity index (χ1n) is 12.2. The Kier molecular flexibility index (Phi) is 8.51. The number of alkyl halides is 3. The smallest absolute Gasteiger partial charge is 0.416 e. The lowest BCUT2D eigenvalue weighted by Gasteiger charge is -2.34. The lowest BCUT2D eigenvalue weighted by atomic mass is 9.84. The van der Waals surface area contributed by atoms with Gasteiger partial charge in [0.25, 0.3) is 0 Å². The molecule has 3 aliphatic heterocycles. The number of fused-ring (bicyclic) bond motifs is 7. The SMILES string of the molecule is COC[C@@H]1C[C@H](NS(C)(=O)=O)C2COC3CCC(CC3)c3cc(C(F)(F)F)cc(n3)OCCOC(=O)N21. The van der Waals surface area contributed by atoms with Crippen LogP contribution in [0, 0.1) is 0 Å². The second-order valence-electron chi connectivity index (χ2n) is 9.70. The van der Waals surface area contributed by atoms with Crippen LogP contribution in [0.2, 0.25) is 0 Å². The van der Waals surface area contributed by atoms with Crippen LogP contribution in [-0.2, 0) is 30.4 Å². The molecule has 1 N–H and O–H groups in total. The van der Waals surface area contributed by atoms with Gasteiger partial charge in [0, 0.05) is 30.8 Å². The summed E-state index contributed by atoms with van der Waals surface area (Å²) in [6.07, 6.45) is -1.78. The van der Waals surface area contributed by atoms with E-state index in [0.717, 1.165) is 18.4 Å². The molecule has 0 spiro atoms. The predicted octanol–water partition coefficient (Wildman–Crippen LogP) is 2.68. The minimum atomic E-state index is -4.55.